The zero-order valence-corrected chi connectivity index (χ0v) is 11.9. The third-order valence-corrected chi connectivity index (χ3v) is 2.88. The molecule has 1 N–H and O–H groups in total. The second-order valence-electron chi connectivity index (χ2n) is 4.00. The van der Waals surface area contributed by atoms with Gasteiger partial charge in [0.1, 0.15) is 5.56 Å². The molecular weight excluding hydrogens is 262 g/mol. The topological polar surface area (TPSA) is 76.1 Å². The first-order chi connectivity index (χ1) is 9.54. The van der Waals surface area contributed by atoms with Crippen molar-refractivity contribution in [3.8, 4) is 11.5 Å². The van der Waals surface area contributed by atoms with Crippen LogP contribution in [-0.2, 0) is 9.53 Å². The smallest absolute Gasteiger partial charge is 0.342 e. The van der Waals surface area contributed by atoms with E-state index in [0.717, 1.165) is 0 Å². The summed E-state index contributed by atoms with van der Waals surface area (Å²) in [6.45, 7) is 4.44. The summed E-state index contributed by atoms with van der Waals surface area (Å²) in [6, 6.07) is 4.48. The number of likely N-dealkylation sites (N-methyl/N-ethyl adjacent to an activating group) is 1. The highest BCUT2D eigenvalue weighted by atomic mass is 16.5. The molecule has 1 aromatic carbocycles. The molecule has 1 aromatic rings. The van der Waals surface area contributed by atoms with Gasteiger partial charge in [-0.25, -0.2) is 4.79 Å². The number of methoxy groups -OCH3 is 1. The highest BCUT2D eigenvalue weighted by molar-refractivity contribution is 5.94. The van der Waals surface area contributed by atoms with Crippen molar-refractivity contribution in [3.63, 3.8) is 0 Å². The van der Waals surface area contributed by atoms with Crippen LogP contribution in [0.5, 0.6) is 11.5 Å². The molecule has 1 rings (SSSR count). The summed E-state index contributed by atoms with van der Waals surface area (Å²) < 4.78 is 9.81. The third-order valence-electron chi connectivity index (χ3n) is 2.88. The van der Waals surface area contributed by atoms with Crippen molar-refractivity contribution in [2.75, 3.05) is 26.8 Å². The van der Waals surface area contributed by atoms with Crippen LogP contribution in [0.15, 0.2) is 18.2 Å². The number of hydrogen-bond donors (Lipinski definition) is 1. The minimum atomic E-state index is -0.762. The molecule has 0 atom stereocenters. The van der Waals surface area contributed by atoms with Gasteiger partial charge < -0.3 is 19.5 Å². The normalized spacial score (nSPS) is 9.95. The fraction of sp³-hybridized carbons (Fsp3) is 0.429. The number of carbonyl (C=O) groups excluding carboxylic acids is 2. The van der Waals surface area contributed by atoms with E-state index >= 15 is 0 Å². The molecule has 0 unspecified atom stereocenters. The average Bonchev–Trinajstić information content (AvgIpc) is 2.46. The van der Waals surface area contributed by atoms with Gasteiger partial charge in [-0.1, -0.05) is 6.07 Å². The van der Waals surface area contributed by atoms with E-state index in [0.29, 0.717) is 13.1 Å². The Bertz CT molecular complexity index is 482. The van der Waals surface area contributed by atoms with Gasteiger partial charge in [0.05, 0.1) is 7.11 Å². The predicted octanol–water partition coefficient (Wildman–Crippen LogP) is 1.43. The van der Waals surface area contributed by atoms with E-state index in [1.54, 1.807) is 11.0 Å². The van der Waals surface area contributed by atoms with E-state index in [9.17, 15) is 14.7 Å². The van der Waals surface area contributed by atoms with Crippen molar-refractivity contribution in [2.24, 2.45) is 0 Å². The van der Waals surface area contributed by atoms with E-state index in [4.69, 9.17) is 9.47 Å². The zero-order chi connectivity index (χ0) is 15.1. The Morgan fingerprint density at radius 3 is 2.45 bits per heavy atom. The quantitative estimate of drug-likeness (QED) is 0.798. The number of esters is 1. The number of amides is 1. The summed E-state index contributed by atoms with van der Waals surface area (Å²) in [5.74, 6) is -1.16. The van der Waals surface area contributed by atoms with Gasteiger partial charge in [-0.05, 0) is 26.0 Å². The van der Waals surface area contributed by atoms with Gasteiger partial charge in [-0.2, -0.15) is 0 Å². The zero-order valence-electron chi connectivity index (χ0n) is 11.9. The first-order valence-electron chi connectivity index (χ1n) is 6.35. The lowest BCUT2D eigenvalue weighted by Gasteiger charge is -2.18. The molecule has 0 heterocycles. The summed E-state index contributed by atoms with van der Waals surface area (Å²) in [5.41, 5.74) is -0.0308. The molecule has 0 bridgehead atoms. The Morgan fingerprint density at radius 1 is 1.25 bits per heavy atom. The number of benzene rings is 1. The minimum absolute atomic E-state index is 0.0308. The first-order valence-corrected chi connectivity index (χ1v) is 6.35. The Balaban J connectivity index is 2.71. The largest absolute Gasteiger partial charge is 0.504 e. The Morgan fingerprint density at radius 2 is 1.90 bits per heavy atom. The SMILES string of the molecule is CCN(CC)C(=O)COC(=O)c1cccc(OC)c1O. The molecule has 0 saturated carbocycles. The Kier molecular flexibility index (Phi) is 5.83. The maximum atomic E-state index is 11.8. The lowest BCUT2D eigenvalue weighted by Crippen LogP contribution is -2.34. The molecule has 0 aliphatic heterocycles. The van der Waals surface area contributed by atoms with Crippen LogP contribution >= 0.6 is 0 Å². The Hall–Kier alpha value is -2.24. The molecule has 0 fully saturated rings. The second kappa shape index (κ2) is 7.37. The lowest BCUT2D eigenvalue weighted by molar-refractivity contribution is -0.134. The number of nitrogens with zero attached hydrogens (tertiary/aromatic N) is 1. The number of carbonyl (C=O) groups is 2. The maximum Gasteiger partial charge on any atom is 0.342 e. The molecule has 0 saturated heterocycles. The van der Waals surface area contributed by atoms with Gasteiger partial charge in [0, 0.05) is 13.1 Å². The van der Waals surface area contributed by atoms with Gasteiger partial charge in [0.25, 0.3) is 5.91 Å². The number of phenolic OH excluding ortho intramolecular Hbond substituents is 1. The van der Waals surface area contributed by atoms with Crippen molar-refractivity contribution in [3.05, 3.63) is 23.8 Å². The summed E-state index contributed by atoms with van der Waals surface area (Å²) in [4.78, 5) is 25.1. The van der Waals surface area contributed by atoms with Crippen molar-refractivity contribution < 1.29 is 24.2 Å². The number of hydrogen-bond acceptors (Lipinski definition) is 5. The van der Waals surface area contributed by atoms with Crippen molar-refractivity contribution in [1.29, 1.82) is 0 Å². The number of aromatic hydroxyl groups is 1. The molecule has 0 radical (unpaired) electrons. The van der Waals surface area contributed by atoms with Crippen molar-refractivity contribution in [2.45, 2.75) is 13.8 Å². The monoisotopic (exact) mass is 281 g/mol. The third kappa shape index (κ3) is 3.63. The van der Waals surface area contributed by atoms with Gasteiger partial charge in [0.2, 0.25) is 0 Å². The first kappa shape index (κ1) is 15.8. The molecule has 0 aliphatic rings. The summed E-state index contributed by atoms with van der Waals surface area (Å²) in [5, 5.41) is 9.80. The van der Waals surface area contributed by atoms with E-state index in [2.05, 4.69) is 0 Å². The fourth-order valence-corrected chi connectivity index (χ4v) is 1.72. The number of ether oxygens (including phenoxy) is 2. The van der Waals surface area contributed by atoms with Crippen LogP contribution in [-0.4, -0.2) is 48.7 Å². The highest BCUT2D eigenvalue weighted by Gasteiger charge is 2.18. The highest BCUT2D eigenvalue weighted by Crippen LogP contribution is 2.29. The van der Waals surface area contributed by atoms with E-state index in [1.165, 1.54) is 19.2 Å². The molecular formula is C14H19NO5. The molecule has 0 aliphatic carbocycles. The van der Waals surface area contributed by atoms with Crippen LogP contribution in [0.25, 0.3) is 0 Å². The van der Waals surface area contributed by atoms with Crippen LogP contribution < -0.4 is 4.74 Å². The van der Waals surface area contributed by atoms with E-state index in [-0.39, 0.29) is 29.6 Å². The average molecular weight is 281 g/mol. The number of rotatable bonds is 6. The van der Waals surface area contributed by atoms with Crippen LogP contribution in [0.2, 0.25) is 0 Å². The van der Waals surface area contributed by atoms with Crippen molar-refractivity contribution >= 4 is 11.9 Å². The number of phenols is 1. The molecule has 6 heteroatoms. The number of para-hydroxylation sites is 1. The van der Waals surface area contributed by atoms with Gasteiger partial charge in [-0.15, -0.1) is 0 Å². The van der Waals surface area contributed by atoms with Gasteiger partial charge in [0.15, 0.2) is 18.1 Å². The van der Waals surface area contributed by atoms with Crippen LogP contribution in [0.1, 0.15) is 24.2 Å². The van der Waals surface area contributed by atoms with E-state index in [1.807, 2.05) is 13.8 Å². The second-order valence-corrected chi connectivity index (χ2v) is 4.00. The van der Waals surface area contributed by atoms with Crippen LogP contribution in [0, 0.1) is 0 Å². The van der Waals surface area contributed by atoms with Crippen LogP contribution in [0.4, 0.5) is 0 Å². The molecule has 1 amide bonds. The standard InChI is InChI=1S/C14H19NO5/c1-4-15(5-2)12(16)9-20-14(18)10-7-6-8-11(19-3)13(10)17/h6-8,17H,4-5,9H2,1-3H3. The summed E-state index contributed by atoms with van der Waals surface area (Å²) in [6.07, 6.45) is 0. The minimum Gasteiger partial charge on any atom is -0.504 e. The molecule has 6 nitrogen and oxygen atoms in total. The van der Waals surface area contributed by atoms with E-state index < -0.39 is 5.97 Å². The predicted molar refractivity (Wildman–Crippen MR) is 72.9 cm³/mol. The summed E-state index contributed by atoms with van der Waals surface area (Å²) >= 11 is 0. The van der Waals surface area contributed by atoms with Crippen molar-refractivity contribution in [1.82, 2.24) is 4.90 Å². The molecule has 110 valence electrons. The van der Waals surface area contributed by atoms with Gasteiger partial charge in [-0.3, -0.25) is 4.79 Å². The van der Waals surface area contributed by atoms with Gasteiger partial charge >= 0.3 is 5.97 Å². The molecule has 0 spiro atoms. The maximum absolute atomic E-state index is 11.8. The fourth-order valence-electron chi connectivity index (χ4n) is 1.72. The molecule has 0 aromatic heterocycles. The summed E-state index contributed by atoms with van der Waals surface area (Å²) in [7, 11) is 1.38. The lowest BCUT2D eigenvalue weighted by atomic mass is 10.2. The molecule has 20 heavy (non-hydrogen) atoms. The Labute approximate surface area is 117 Å². The van der Waals surface area contributed by atoms with Crippen LogP contribution in [0.3, 0.4) is 0 Å².